The fourth-order valence-electron chi connectivity index (χ4n) is 1.04. The van der Waals surface area contributed by atoms with Crippen molar-refractivity contribution in [2.45, 2.75) is 6.92 Å². The summed E-state index contributed by atoms with van der Waals surface area (Å²) in [5, 5.41) is 9.56. The van der Waals surface area contributed by atoms with E-state index in [4.69, 9.17) is 23.2 Å². The Hall–Kier alpha value is -1.13. The summed E-state index contributed by atoms with van der Waals surface area (Å²) in [6.07, 6.45) is 0. The minimum atomic E-state index is -0.807. The molecule has 0 fully saturated rings. The van der Waals surface area contributed by atoms with E-state index in [1.54, 1.807) is 0 Å². The van der Waals surface area contributed by atoms with Crippen molar-refractivity contribution < 1.29 is 9.72 Å². The molecule has 0 radical (unpaired) electrons. The molecule has 0 unspecified atom stereocenters. The van der Waals surface area contributed by atoms with Crippen LogP contribution in [0.5, 0.6) is 0 Å². The molecule has 6 heteroatoms. The van der Waals surface area contributed by atoms with Gasteiger partial charge in [-0.05, 0) is 24.6 Å². The first-order valence-corrected chi connectivity index (χ1v) is 4.34. The summed E-state index contributed by atoms with van der Waals surface area (Å²) in [5.74, 6) is 0. The largest absolute Gasteiger partial charge is 0.291 e. The van der Waals surface area contributed by atoms with Crippen molar-refractivity contribution in [3.05, 3.63) is 38.4 Å². The number of hydrogen-bond donors (Lipinski definition) is 0. The summed E-state index contributed by atoms with van der Waals surface area (Å²) in [6, 6.07) is 2.79. The molecule has 0 atom stereocenters. The van der Waals surface area contributed by atoms with Gasteiger partial charge in [0.25, 0.3) is 10.9 Å². The topological polar surface area (TPSA) is 60.2 Å². The number of nitro benzene ring substituents is 1. The quantitative estimate of drug-likeness (QED) is 0.449. The molecular formula is C8H5Cl2NO3. The van der Waals surface area contributed by atoms with E-state index < -0.39 is 10.2 Å². The van der Waals surface area contributed by atoms with E-state index in [-0.39, 0.29) is 16.3 Å². The Labute approximate surface area is 89.6 Å². The maximum Gasteiger partial charge on any atom is 0.291 e. The molecular weight excluding hydrogens is 229 g/mol. The number of nitrogens with zero attached hydrogens (tertiary/aromatic N) is 1. The van der Waals surface area contributed by atoms with Crippen LogP contribution in [-0.4, -0.2) is 10.2 Å². The lowest BCUT2D eigenvalue weighted by atomic mass is 10.1. The van der Waals surface area contributed by atoms with Crippen molar-refractivity contribution in [3.63, 3.8) is 0 Å². The zero-order chi connectivity index (χ0) is 10.9. The third-order valence-corrected chi connectivity index (χ3v) is 2.30. The van der Waals surface area contributed by atoms with Gasteiger partial charge < -0.3 is 0 Å². The molecule has 0 aliphatic heterocycles. The van der Waals surface area contributed by atoms with E-state index >= 15 is 0 Å². The molecule has 0 bridgehead atoms. The van der Waals surface area contributed by atoms with Gasteiger partial charge in [0.2, 0.25) is 0 Å². The highest BCUT2D eigenvalue weighted by atomic mass is 35.5. The minimum absolute atomic E-state index is 0.0503. The second-order valence-corrected chi connectivity index (χ2v) is 3.34. The molecule has 4 nitrogen and oxygen atoms in total. The van der Waals surface area contributed by atoms with Gasteiger partial charge in [-0.25, -0.2) is 0 Å². The van der Waals surface area contributed by atoms with Crippen LogP contribution in [0.4, 0.5) is 5.69 Å². The number of rotatable bonds is 2. The standard InChI is InChI=1S/C8H5Cl2NO3/c1-4-2-3-5(8(10)12)6(9)7(4)11(13)14/h2-3H,1H3. The van der Waals surface area contributed by atoms with E-state index in [0.29, 0.717) is 5.56 Å². The lowest BCUT2D eigenvalue weighted by Crippen LogP contribution is -1.98. The van der Waals surface area contributed by atoms with Crippen molar-refractivity contribution in [2.75, 3.05) is 0 Å². The van der Waals surface area contributed by atoms with Crippen LogP contribution in [-0.2, 0) is 0 Å². The first-order chi connectivity index (χ1) is 6.45. The molecule has 0 spiro atoms. The van der Waals surface area contributed by atoms with Crippen LogP contribution in [0.25, 0.3) is 0 Å². The molecule has 74 valence electrons. The Balaban J connectivity index is 3.49. The molecule has 1 aromatic rings. The zero-order valence-corrected chi connectivity index (χ0v) is 8.59. The van der Waals surface area contributed by atoms with E-state index in [9.17, 15) is 14.9 Å². The van der Waals surface area contributed by atoms with E-state index in [2.05, 4.69) is 0 Å². The van der Waals surface area contributed by atoms with Gasteiger partial charge >= 0.3 is 0 Å². The van der Waals surface area contributed by atoms with Crippen LogP contribution in [0.1, 0.15) is 15.9 Å². The summed E-state index contributed by atoms with van der Waals surface area (Å²) < 4.78 is 0. The Morgan fingerprint density at radius 2 is 2.07 bits per heavy atom. The SMILES string of the molecule is Cc1ccc(C(=O)Cl)c(Cl)c1[N+](=O)[O-]. The maximum atomic E-state index is 10.8. The first-order valence-electron chi connectivity index (χ1n) is 3.58. The first kappa shape index (κ1) is 10.9. The maximum absolute atomic E-state index is 10.8. The highest BCUT2D eigenvalue weighted by Gasteiger charge is 2.21. The normalized spacial score (nSPS) is 9.93. The van der Waals surface area contributed by atoms with Crippen LogP contribution in [0.3, 0.4) is 0 Å². The molecule has 0 aliphatic rings. The zero-order valence-electron chi connectivity index (χ0n) is 7.08. The Morgan fingerprint density at radius 1 is 1.50 bits per heavy atom. The van der Waals surface area contributed by atoms with Crippen LogP contribution in [0.15, 0.2) is 12.1 Å². The lowest BCUT2D eigenvalue weighted by Gasteiger charge is -2.02. The number of carbonyl (C=O) groups excluding carboxylic acids is 1. The van der Waals surface area contributed by atoms with Crippen molar-refractivity contribution in [1.29, 1.82) is 0 Å². The fraction of sp³-hybridized carbons (Fsp3) is 0.125. The number of hydrogen-bond acceptors (Lipinski definition) is 3. The molecule has 0 N–H and O–H groups in total. The van der Waals surface area contributed by atoms with Gasteiger partial charge in [-0.3, -0.25) is 14.9 Å². The molecule has 0 saturated carbocycles. The summed E-state index contributed by atoms with van der Waals surface area (Å²) >= 11 is 10.8. The van der Waals surface area contributed by atoms with Gasteiger partial charge in [-0.1, -0.05) is 17.7 Å². The molecule has 0 heterocycles. The van der Waals surface area contributed by atoms with Crippen molar-refractivity contribution in [2.24, 2.45) is 0 Å². The van der Waals surface area contributed by atoms with Crippen molar-refractivity contribution >= 4 is 34.1 Å². The van der Waals surface area contributed by atoms with E-state index in [0.717, 1.165) is 0 Å². The highest BCUT2D eigenvalue weighted by Crippen LogP contribution is 2.31. The van der Waals surface area contributed by atoms with Crippen LogP contribution in [0.2, 0.25) is 5.02 Å². The molecule has 0 amide bonds. The molecule has 0 aromatic heterocycles. The van der Waals surface area contributed by atoms with Crippen LogP contribution < -0.4 is 0 Å². The number of benzene rings is 1. The average molecular weight is 234 g/mol. The summed E-state index contributed by atoms with van der Waals surface area (Å²) in [6.45, 7) is 1.53. The number of halogens is 2. The lowest BCUT2D eigenvalue weighted by molar-refractivity contribution is -0.385. The third-order valence-electron chi connectivity index (χ3n) is 1.71. The predicted molar refractivity (Wildman–Crippen MR) is 53.0 cm³/mol. The second-order valence-electron chi connectivity index (χ2n) is 2.62. The monoisotopic (exact) mass is 233 g/mol. The number of nitro groups is 1. The molecule has 0 saturated heterocycles. The third kappa shape index (κ3) is 1.86. The highest BCUT2D eigenvalue weighted by molar-refractivity contribution is 6.68. The van der Waals surface area contributed by atoms with Gasteiger partial charge in [-0.2, -0.15) is 0 Å². The van der Waals surface area contributed by atoms with Gasteiger partial charge in [0.1, 0.15) is 5.02 Å². The molecule has 1 aromatic carbocycles. The predicted octanol–water partition coefficient (Wildman–Crippen LogP) is 2.94. The fourth-order valence-corrected chi connectivity index (χ4v) is 1.61. The molecule has 0 aliphatic carbocycles. The van der Waals surface area contributed by atoms with Gasteiger partial charge in [0.15, 0.2) is 0 Å². The summed E-state index contributed by atoms with van der Waals surface area (Å²) in [4.78, 5) is 20.8. The summed E-state index contributed by atoms with van der Waals surface area (Å²) in [7, 11) is 0. The Kier molecular flexibility index (Phi) is 3.08. The minimum Gasteiger partial charge on any atom is -0.276 e. The number of aryl methyl sites for hydroxylation is 1. The second kappa shape index (κ2) is 3.94. The van der Waals surface area contributed by atoms with Crippen molar-refractivity contribution in [1.82, 2.24) is 0 Å². The van der Waals surface area contributed by atoms with Crippen LogP contribution in [0, 0.1) is 17.0 Å². The average Bonchev–Trinajstić information content (AvgIpc) is 2.02. The molecule has 1 rings (SSSR count). The summed E-state index contributed by atoms with van der Waals surface area (Å²) in [5.41, 5.74) is 0.0606. The van der Waals surface area contributed by atoms with E-state index in [1.165, 1.54) is 19.1 Å². The Bertz CT molecular complexity index is 417. The molecule has 14 heavy (non-hydrogen) atoms. The smallest absolute Gasteiger partial charge is 0.276 e. The van der Waals surface area contributed by atoms with Crippen LogP contribution >= 0.6 is 23.2 Å². The van der Waals surface area contributed by atoms with Crippen molar-refractivity contribution in [3.8, 4) is 0 Å². The van der Waals surface area contributed by atoms with Gasteiger partial charge in [-0.15, -0.1) is 0 Å². The number of carbonyl (C=O) groups is 1. The Morgan fingerprint density at radius 3 is 2.50 bits per heavy atom. The van der Waals surface area contributed by atoms with Gasteiger partial charge in [0.05, 0.1) is 10.5 Å². The van der Waals surface area contributed by atoms with Gasteiger partial charge in [0, 0.05) is 5.56 Å². The van der Waals surface area contributed by atoms with E-state index in [1.807, 2.05) is 0 Å².